The van der Waals surface area contributed by atoms with E-state index in [1.807, 2.05) is 24.3 Å². The van der Waals surface area contributed by atoms with Crippen LogP contribution in [0.1, 0.15) is 17.0 Å². The Kier molecular flexibility index (Phi) is 2.16. The highest BCUT2D eigenvalue weighted by Gasteiger charge is 2.82. The van der Waals surface area contributed by atoms with Crippen LogP contribution in [0.25, 0.3) is 0 Å². The molecule has 108 valence electrons. The van der Waals surface area contributed by atoms with Gasteiger partial charge in [-0.2, -0.15) is 0 Å². The third-order valence-corrected chi connectivity index (χ3v) is 5.84. The molecule has 0 aromatic heterocycles. The Bertz CT molecular complexity index is 780. The molecule has 0 bridgehead atoms. The SMILES string of the molecule is O=C1OC[C@]23[C@H](C=C[C@]12c1ccccc1)[C@@H]3c1ccccc1. The molecule has 1 saturated carbocycles. The molecule has 2 aromatic carbocycles. The molecular weight excluding hydrogens is 272 g/mol. The topological polar surface area (TPSA) is 26.3 Å². The summed E-state index contributed by atoms with van der Waals surface area (Å²) < 4.78 is 5.58. The van der Waals surface area contributed by atoms with Gasteiger partial charge in [0.25, 0.3) is 0 Å². The number of benzene rings is 2. The van der Waals surface area contributed by atoms with Gasteiger partial charge in [0.15, 0.2) is 0 Å². The zero-order valence-corrected chi connectivity index (χ0v) is 12.1. The van der Waals surface area contributed by atoms with Crippen LogP contribution >= 0.6 is 0 Å². The van der Waals surface area contributed by atoms with Gasteiger partial charge in [0, 0.05) is 11.3 Å². The predicted molar refractivity (Wildman–Crippen MR) is 83.3 cm³/mol. The summed E-state index contributed by atoms with van der Waals surface area (Å²) in [6.07, 6.45) is 4.34. The molecule has 3 aliphatic rings. The summed E-state index contributed by atoms with van der Waals surface area (Å²) in [5.41, 5.74) is 1.66. The second-order valence-electron chi connectivity index (χ2n) is 6.56. The second kappa shape index (κ2) is 3.89. The summed E-state index contributed by atoms with van der Waals surface area (Å²) in [6, 6.07) is 20.6. The van der Waals surface area contributed by atoms with Crippen molar-refractivity contribution in [3.8, 4) is 0 Å². The molecule has 0 unspecified atom stereocenters. The first-order valence-electron chi connectivity index (χ1n) is 7.78. The minimum absolute atomic E-state index is 0.0871. The molecule has 0 N–H and O–H groups in total. The third-order valence-electron chi connectivity index (χ3n) is 5.84. The van der Waals surface area contributed by atoms with E-state index in [-0.39, 0.29) is 11.4 Å². The van der Waals surface area contributed by atoms with E-state index in [1.54, 1.807) is 0 Å². The van der Waals surface area contributed by atoms with Gasteiger partial charge in [-0.1, -0.05) is 72.8 Å². The van der Waals surface area contributed by atoms with Crippen LogP contribution < -0.4 is 0 Å². The Labute approximate surface area is 129 Å². The summed E-state index contributed by atoms with van der Waals surface area (Å²) in [7, 11) is 0. The highest BCUT2D eigenvalue weighted by Crippen LogP contribution is 2.79. The smallest absolute Gasteiger partial charge is 0.321 e. The molecular formula is C20H16O2. The number of allylic oxidation sites excluding steroid dienone is 1. The maximum atomic E-state index is 12.7. The van der Waals surface area contributed by atoms with Crippen LogP contribution in [0.5, 0.6) is 0 Å². The number of carbonyl (C=O) groups excluding carboxylic acids is 1. The van der Waals surface area contributed by atoms with Crippen LogP contribution in [-0.4, -0.2) is 12.6 Å². The number of cyclic esters (lactones) is 1. The Morgan fingerprint density at radius 2 is 1.64 bits per heavy atom. The molecule has 0 radical (unpaired) electrons. The van der Waals surface area contributed by atoms with Crippen molar-refractivity contribution < 1.29 is 9.53 Å². The molecule has 2 heteroatoms. The summed E-state index contributed by atoms with van der Waals surface area (Å²) >= 11 is 0. The fourth-order valence-corrected chi connectivity index (χ4v) is 4.87. The van der Waals surface area contributed by atoms with E-state index >= 15 is 0 Å². The van der Waals surface area contributed by atoms with E-state index in [4.69, 9.17) is 4.74 Å². The summed E-state index contributed by atoms with van der Waals surface area (Å²) in [4.78, 5) is 12.7. The molecule has 22 heavy (non-hydrogen) atoms. The quantitative estimate of drug-likeness (QED) is 0.625. The largest absolute Gasteiger partial charge is 0.464 e. The van der Waals surface area contributed by atoms with Crippen molar-refractivity contribution in [2.45, 2.75) is 11.3 Å². The van der Waals surface area contributed by atoms with E-state index in [0.717, 1.165) is 5.56 Å². The number of ether oxygens (including phenoxy) is 1. The zero-order valence-electron chi connectivity index (χ0n) is 12.1. The predicted octanol–water partition coefficient (Wildman–Crippen LogP) is 3.45. The first-order chi connectivity index (χ1) is 10.8. The van der Waals surface area contributed by atoms with Gasteiger partial charge in [-0.25, -0.2) is 0 Å². The van der Waals surface area contributed by atoms with Gasteiger partial charge in [-0.3, -0.25) is 4.79 Å². The average Bonchev–Trinajstić information content (AvgIpc) is 2.94. The number of esters is 1. The number of hydrogen-bond donors (Lipinski definition) is 0. The van der Waals surface area contributed by atoms with E-state index < -0.39 is 5.41 Å². The maximum Gasteiger partial charge on any atom is 0.321 e. The molecule has 4 atom stereocenters. The molecule has 2 nitrogen and oxygen atoms in total. The van der Waals surface area contributed by atoms with Crippen molar-refractivity contribution in [2.75, 3.05) is 6.61 Å². The molecule has 1 spiro atoms. The number of hydrogen-bond acceptors (Lipinski definition) is 2. The van der Waals surface area contributed by atoms with Crippen LogP contribution in [0.3, 0.4) is 0 Å². The molecule has 1 aliphatic heterocycles. The fourth-order valence-electron chi connectivity index (χ4n) is 4.87. The van der Waals surface area contributed by atoms with E-state index in [0.29, 0.717) is 18.4 Å². The molecule has 1 heterocycles. The second-order valence-corrected chi connectivity index (χ2v) is 6.56. The normalized spacial score (nSPS) is 37.5. The Morgan fingerprint density at radius 3 is 2.36 bits per heavy atom. The molecule has 2 aliphatic carbocycles. The molecule has 2 aromatic rings. The van der Waals surface area contributed by atoms with Crippen LogP contribution in [-0.2, 0) is 14.9 Å². The monoisotopic (exact) mass is 288 g/mol. The minimum Gasteiger partial charge on any atom is -0.464 e. The van der Waals surface area contributed by atoms with Gasteiger partial charge < -0.3 is 4.74 Å². The van der Waals surface area contributed by atoms with Gasteiger partial charge in [0.2, 0.25) is 0 Å². The molecule has 5 rings (SSSR count). The standard InChI is InChI=1S/C20H16O2/c21-18-19(15-9-5-2-6-10-15)12-11-16-17(20(16,19)13-22-18)14-7-3-1-4-8-14/h1-12,16-17H,13H2/t16-,17+,19+,20-/m1/s1. The summed E-state index contributed by atoms with van der Waals surface area (Å²) in [6.45, 7) is 0.526. The van der Waals surface area contributed by atoms with Crippen molar-refractivity contribution in [3.63, 3.8) is 0 Å². The van der Waals surface area contributed by atoms with Crippen molar-refractivity contribution in [1.82, 2.24) is 0 Å². The van der Waals surface area contributed by atoms with E-state index in [9.17, 15) is 4.79 Å². The van der Waals surface area contributed by atoms with Crippen LogP contribution in [0.15, 0.2) is 72.8 Å². The minimum atomic E-state index is -0.598. The summed E-state index contributed by atoms with van der Waals surface area (Å²) in [5, 5.41) is 0. The first-order valence-corrected chi connectivity index (χ1v) is 7.78. The van der Waals surface area contributed by atoms with Crippen LogP contribution in [0.4, 0.5) is 0 Å². The molecule has 0 amide bonds. The van der Waals surface area contributed by atoms with Crippen molar-refractivity contribution >= 4 is 5.97 Å². The fraction of sp³-hybridized carbons (Fsp3) is 0.250. The molecule has 1 saturated heterocycles. The first kappa shape index (κ1) is 12.2. The molecule has 2 fully saturated rings. The van der Waals surface area contributed by atoms with Gasteiger partial charge in [0.05, 0.1) is 6.61 Å². The highest BCUT2D eigenvalue weighted by molar-refractivity contribution is 5.92. The van der Waals surface area contributed by atoms with Gasteiger partial charge in [-0.05, 0) is 17.0 Å². The van der Waals surface area contributed by atoms with Crippen molar-refractivity contribution in [1.29, 1.82) is 0 Å². The number of carbonyl (C=O) groups is 1. The lowest BCUT2D eigenvalue weighted by atomic mass is 9.69. The maximum absolute atomic E-state index is 12.7. The summed E-state index contributed by atoms with van der Waals surface area (Å²) in [5.74, 6) is 0.697. The highest BCUT2D eigenvalue weighted by atomic mass is 16.5. The zero-order chi connectivity index (χ0) is 14.8. The third kappa shape index (κ3) is 1.17. The van der Waals surface area contributed by atoms with Gasteiger partial charge in [-0.15, -0.1) is 0 Å². The average molecular weight is 288 g/mol. The van der Waals surface area contributed by atoms with Crippen LogP contribution in [0.2, 0.25) is 0 Å². The Morgan fingerprint density at radius 1 is 0.955 bits per heavy atom. The lowest BCUT2D eigenvalue weighted by Gasteiger charge is -2.28. The van der Waals surface area contributed by atoms with Crippen LogP contribution in [0, 0.1) is 11.3 Å². The number of rotatable bonds is 2. The van der Waals surface area contributed by atoms with Gasteiger partial charge in [0.1, 0.15) is 5.41 Å². The van der Waals surface area contributed by atoms with E-state index in [2.05, 4.69) is 48.6 Å². The lowest BCUT2D eigenvalue weighted by molar-refractivity contribution is -0.141. The van der Waals surface area contributed by atoms with Gasteiger partial charge >= 0.3 is 5.97 Å². The van der Waals surface area contributed by atoms with Crippen molar-refractivity contribution in [3.05, 3.63) is 83.9 Å². The lowest BCUT2D eigenvalue weighted by Crippen LogP contribution is -2.37. The van der Waals surface area contributed by atoms with E-state index in [1.165, 1.54) is 5.56 Å². The van der Waals surface area contributed by atoms with Crippen molar-refractivity contribution in [2.24, 2.45) is 11.3 Å². The Balaban J connectivity index is 1.69. The Hall–Kier alpha value is -2.35.